The molecule has 1 rings (SSSR count). The summed E-state index contributed by atoms with van der Waals surface area (Å²) in [6.45, 7) is 6.79. The van der Waals surface area contributed by atoms with Crippen molar-refractivity contribution in [2.24, 2.45) is 11.1 Å². The van der Waals surface area contributed by atoms with Crippen molar-refractivity contribution >= 4 is 5.91 Å². The van der Waals surface area contributed by atoms with Gasteiger partial charge in [-0.3, -0.25) is 4.79 Å². The van der Waals surface area contributed by atoms with Gasteiger partial charge in [-0.1, -0.05) is 20.8 Å². The molecule has 3 N–H and O–H groups in total. The summed E-state index contributed by atoms with van der Waals surface area (Å²) in [6.07, 6.45) is 0.739. The molecule has 0 aliphatic carbocycles. The fourth-order valence-electron chi connectivity index (χ4n) is 2.11. The van der Waals surface area contributed by atoms with Crippen molar-refractivity contribution < 1.29 is 14.3 Å². The van der Waals surface area contributed by atoms with Gasteiger partial charge in [0.2, 0.25) is 0 Å². The minimum atomic E-state index is -0.135. The predicted molar refractivity (Wildman–Crippen MR) is 83.9 cm³/mol. The number of hydrogen-bond acceptors (Lipinski definition) is 4. The van der Waals surface area contributed by atoms with E-state index in [1.54, 1.807) is 32.4 Å². The molecule has 1 aromatic rings. The zero-order valence-corrected chi connectivity index (χ0v) is 13.5. The lowest BCUT2D eigenvalue weighted by atomic mass is 9.84. The number of amides is 1. The minimum absolute atomic E-state index is 0.0168. The number of carbonyl (C=O) groups is 1. The third-order valence-electron chi connectivity index (χ3n) is 3.45. The van der Waals surface area contributed by atoms with Gasteiger partial charge in [-0.15, -0.1) is 0 Å². The lowest BCUT2D eigenvalue weighted by Gasteiger charge is -2.31. The predicted octanol–water partition coefficient (Wildman–Crippen LogP) is 2.20. The van der Waals surface area contributed by atoms with E-state index in [1.165, 1.54) is 0 Å². The average Bonchev–Trinajstić information content (AvgIpc) is 2.44. The zero-order valence-electron chi connectivity index (χ0n) is 13.5. The van der Waals surface area contributed by atoms with Crippen molar-refractivity contribution in [1.82, 2.24) is 5.32 Å². The Morgan fingerprint density at radius 2 is 1.86 bits per heavy atom. The Morgan fingerprint density at radius 1 is 1.24 bits per heavy atom. The highest BCUT2D eigenvalue weighted by molar-refractivity contribution is 5.95. The Labute approximate surface area is 126 Å². The third kappa shape index (κ3) is 4.63. The van der Waals surface area contributed by atoms with E-state index in [2.05, 4.69) is 26.1 Å². The summed E-state index contributed by atoms with van der Waals surface area (Å²) in [4.78, 5) is 12.4. The Hall–Kier alpha value is -1.75. The minimum Gasteiger partial charge on any atom is -0.493 e. The number of ether oxygens (including phenoxy) is 2. The molecule has 5 nitrogen and oxygen atoms in total. The van der Waals surface area contributed by atoms with E-state index in [0.717, 1.165) is 6.42 Å². The molecule has 0 aromatic heterocycles. The van der Waals surface area contributed by atoms with Gasteiger partial charge in [0, 0.05) is 11.6 Å². The molecule has 0 saturated carbocycles. The molecule has 1 aromatic carbocycles. The topological polar surface area (TPSA) is 73.6 Å². The number of nitrogens with two attached hydrogens (primary N) is 1. The van der Waals surface area contributed by atoms with E-state index < -0.39 is 0 Å². The maximum Gasteiger partial charge on any atom is 0.251 e. The van der Waals surface area contributed by atoms with E-state index in [9.17, 15) is 4.79 Å². The van der Waals surface area contributed by atoms with Crippen LogP contribution in [0.4, 0.5) is 0 Å². The van der Waals surface area contributed by atoms with Gasteiger partial charge in [0.1, 0.15) is 0 Å². The molecule has 1 atom stereocenters. The van der Waals surface area contributed by atoms with Crippen LogP contribution in [0.25, 0.3) is 0 Å². The average molecular weight is 294 g/mol. The van der Waals surface area contributed by atoms with Gasteiger partial charge in [0.05, 0.1) is 14.2 Å². The summed E-state index contributed by atoms with van der Waals surface area (Å²) >= 11 is 0. The maximum absolute atomic E-state index is 12.4. The van der Waals surface area contributed by atoms with Gasteiger partial charge >= 0.3 is 0 Å². The molecular formula is C16H26N2O3. The van der Waals surface area contributed by atoms with Gasteiger partial charge in [-0.2, -0.15) is 0 Å². The van der Waals surface area contributed by atoms with Gasteiger partial charge < -0.3 is 20.5 Å². The van der Waals surface area contributed by atoms with Crippen molar-refractivity contribution in [3.05, 3.63) is 23.8 Å². The molecule has 118 valence electrons. The van der Waals surface area contributed by atoms with Gasteiger partial charge in [-0.25, -0.2) is 0 Å². The van der Waals surface area contributed by atoms with Gasteiger partial charge in [0.25, 0.3) is 5.91 Å². The SMILES string of the molecule is COc1ccc(C(=O)NC(CCN)C(C)(C)C)cc1OC. The van der Waals surface area contributed by atoms with Crippen molar-refractivity contribution in [2.75, 3.05) is 20.8 Å². The van der Waals surface area contributed by atoms with E-state index >= 15 is 0 Å². The first-order chi connectivity index (χ1) is 9.83. The largest absolute Gasteiger partial charge is 0.493 e. The second-order valence-electron chi connectivity index (χ2n) is 6.04. The quantitative estimate of drug-likeness (QED) is 0.843. The lowest BCUT2D eigenvalue weighted by molar-refractivity contribution is 0.0898. The molecule has 0 bridgehead atoms. The monoisotopic (exact) mass is 294 g/mol. The molecule has 0 radical (unpaired) electrons. The van der Waals surface area contributed by atoms with E-state index in [1.807, 2.05) is 0 Å². The molecule has 0 heterocycles. The van der Waals surface area contributed by atoms with Gasteiger partial charge in [-0.05, 0) is 36.6 Å². The van der Waals surface area contributed by atoms with E-state index in [4.69, 9.17) is 15.2 Å². The van der Waals surface area contributed by atoms with Crippen LogP contribution < -0.4 is 20.5 Å². The first-order valence-corrected chi connectivity index (χ1v) is 7.06. The summed E-state index contributed by atoms with van der Waals surface area (Å²) in [7, 11) is 3.11. The van der Waals surface area contributed by atoms with Crippen LogP contribution in [0.2, 0.25) is 0 Å². The molecular weight excluding hydrogens is 268 g/mol. The first-order valence-electron chi connectivity index (χ1n) is 7.06. The van der Waals surface area contributed by atoms with Crippen molar-refractivity contribution in [3.8, 4) is 11.5 Å². The Balaban J connectivity index is 2.92. The fraction of sp³-hybridized carbons (Fsp3) is 0.562. The highest BCUT2D eigenvalue weighted by atomic mass is 16.5. The highest BCUT2D eigenvalue weighted by Crippen LogP contribution is 2.28. The summed E-state index contributed by atoms with van der Waals surface area (Å²) in [5.41, 5.74) is 6.13. The number of methoxy groups -OCH3 is 2. The Morgan fingerprint density at radius 3 is 2.33 bits per heavy atom. The summed E-state index contributed by atoms with van der Waals surface area (Å²) < 4.78 is 10.4. The fourth-order valence-corrected chi connectivity index (χ4v) is 2.11. The van der Waals surface area contributed by atoms with Crippen LogP contribution in [-0.4, -0.2) is 32.7 Å². The van der Waals surface area contributed by atoms with Crippen molar-refractivity contribution in [3.63, 3.8) is 0 Å². The van der Waals surface area contributed by atoms with Crippen LogP contribution in [0.3, 0.4) is 0 Å². The van der Waals surface area contributed by atoms with E-state index in [-0.39, 0.29) is 17.4 Å². The number of rotatable bonds is 6. The first kappa shape index (κ1) is 17.3. The van der Waals surface area contributed by atoms with Crippen LogP contribution in [0, 0.1) is 5.41 Å². The standard InChI is InChI=1S/C16H26N2O3/c1-16(2,3)14(8-9-17)18-15(19)11-6-7-12(20-4)13(10-11)21-5/h6-7,10,14H,8-9,17H2,1-5H3,(H,18,19). The summed E-state index contributed by atoms with van der Waals surface area (Å²) in [6, 6.07) is 5.14. The second-order valence-corrected chi connectivity index (χ2v) is 6.04. The third-order valence-corrected chi connectivity index (χ3v) is 3.45. The summed E-state index contributed by atoms with van der Waals surface area (Å²) in [5, 5.41) is 3.05. The second kappa shape index (κ2) is 7.31. The number of carbonyl (C=O) groups excluding carboxylic acids is 1. The highest BCUT2D eigenvalue weighted by Gasteiger charge is 2.26. The maximum atomic E-state index is 12.4. The number of nitrogens with one attached hydrogen (secondary N) is 1. The molecule has 0 saturated heterocycles. The number of hydrogen-bond donors (Lipinski definition) is 2. The molecule has 5 heteroatoms. The van der Waals surface area contributed by atoms with E-state index in [0.29, 0.717) is 23.6 Å². The number of benzene rings is 1. The van der Waals surface area contributed by atoms with Crippen molar-refractivity contribution in [1.29, 1.82) is 0 Å². The van der Waals surface area contributed by atoms with Crippen LogP contribution in [0.5, 0.6) is 11.5 Å². The molecule has 0 aliphatic heterocycles. The normalized spacial score (nSPS) is 12.7. The molecule has 1 amide bonds. The smallest absolute Gasteiger partial charge is 0.251 e. The van der Waals surface area contributed by atoms with Crippen molar-refractivity contribution in [2.45, 2.75) is 33.2 Å². The van der Waals surface area contributed by atoms with Crippen LogP contribution in [0.1, 0.15) is 37.6 Å². The molecule has 0 aliphatic rings. The van der Waals surface area contributed by atoms with Crippen LogP contribution in [-0.2, 0) is 0 Å². The molecule has 0 spiro atoms. The molecule has 21 heavy (non-hydrogen) atoms. The van der Waals surface area contributed by atoms with Crippen LogP contribution >= 0.6 is 0 Å². The Bertz CT molecular complexity index is 481. The summed E-state index contributed by atoms with van der Waals surface area (Å²) in [5.74, 6) is 1.00. The zero-order chi connectivity index (χ0) is 16.0. The van der Waals surface area contributed by atoms with Crippen LogP contribution in [0.15, 0.2) is 18.2 Å². The molecule has 1 unspecified atom stereocenters. The lowest BCUT2D eigenvalue weighted by Crippen LogP contribution is -2.44. The molecule has 0 fully saturated rings. The Kier molecular flexibility index (Phi) is 6.03. The van der Waals surface area contributed by atoms with Gasteiger partial charge in [0.15, 0.2) is 11.5 Å².